The first-order valence-electron chi connectivity index (χ1n) is 7.26. The van der Waals surface area contributed by atoms with E-state index in [4.69, 9.17) is 4.74 Å². The maximum absolute atomic E-state index is 13.1. The summed E-state index contributed by atoms with van der Waals surface area (Å²) in [5.41, 5.74) is 0.675. The third-order valence-electron chi connectivity index (χ3n) is 4.26. The van der Waals surface area contributed by atoms with Gasteiger partial charge in [-0.05, 0) is 43.0 Å². The lowest BCUT2D eigenvalue weighted by Gasteiger charge is -2.28. The van der Waals surface area contributed by atoms with Crippen LogP contribution in [0.4, 0.5) is 4.39 Å². The zero-order valence-electron chi connectivity index (χ0n) is 12.5. The quantitative estimate of drug-likeness (QED) is 0.818. The lowest BCUT2D eigenvalue weighted by atomic mass is 9.96. The van der Waals surface area contributed by atoms with Crippen LogP contribution in [0.3, 0.4) is 0 Å². The van der Waals surface area contributed by atoms with Gasteiger partial charge in [-0.2, -0.15) is 0 Å². The van der Waals surface area contributed by atoms with Gasteiger partial charge in [0.2, 0.25) is 0 Å². The van der Waals surface area contributed by atoms with Crippen molar-refractivity contribution in [1.82, 2.24) is 5.32 Å². The number of methoxy groups -OCH3 is 1. The van der Waals surface area contributed by atoms with Gasteiger partial charge < -0.3 is 9.84 Å². The Labute approximate surface area is 124 Å². The topological polar surface area (TPSA) is 58.6 Å². The minimum Gasteiger partial charge on any atom is -0.468 e. The summed E-state index contributed by atoms with van der Waals surface area (Å²) >= 11 is 0. The van der Waals surface area contributed by atoms with Crippen LogP contribution in [-0.4, -0.2) is 30.3 Å². The molecular weight excluding hydrogens is 273 g/mol. The number of halogens is 1. The lowest BCUT2D eigenvalue weighted by Crippen LogP contribution is -2.51. The molecule has 0 amide bonds. The van der Waals surface area contributed by atoms with E-state index in [1.54, 1.807) is 13.0 Å². The van der Waals surface area contributed by atoms with Crippen molar-refractivity contribution < 1.29 is 19.0 Å². The summed E-state index contributed by atoms with van der Waals surface area (Å²) in [5.74, 6) is -0.596. The summed E-state index contributed by atoms with van der Waals surface area (Å²) in [6.45, 7) is 1.99. The predicted molar refractivity (Wildman–Crippen MR) is 77.3 cm³/mol. The van der Waals surface area contributed by atoms with Crippen LogP contribution in [-0.2, 0) is 9.53 Å². The number of hydrogen-bond acceptors (Lipinski definition) is 4. The molecule has 0 bridgehead atoms. The molecule has 1 aliphatic carbocycles. The first kappa shape index (κ1) is 15.9. The molecule has 1 atom stereocenters. The number of esters is 1. The number of aryl methyl sites for hydroxylation is 1. The molecule has 0 aliphatic heterocycles. The van der Waals surface area contributed by atoms with E-state index in [0.717, 1.165) is 25.7 Å². The van der Waals surface area contributed by atoms with Crippen molar-refractivity contribution in [2.24, 2.45) is 0 Å². The normalized spacial score (nSPS) is 18.5. The number of benzene rings is 1. The van der Waals surface area contributed by atoms with Crippen molar-refractivity contribution in [1.29, 1.82) is 0 Å². The van der Waals surface area contributed by atoms with Gasteiger partial charge in [0.25, 0.3) is 0 Å². The highest BCUT2D eigenvalue weighted by atomic mass is 19.1. The van der Waals surface area contributed by atoms with Gasteiger partial charge in [0.05, 0.1) is 13.2 Å². The standard InChI is InChI=1S/C16H22FNO3/c1-11-9-12(17)5-6-13(11)14(19)10-18-16(15(20)21-2)7-3-4-8-16/h5-6,9,14,18-19H,3-4,7-8,10H2,1-2H3. The number of nitrogens with one attached hydrogen (secondary N) is 1. The van der Waals surface area contributed by atoms with E-state index in [0.29, 0.717) is 11.1 Å². The fraction of sp³-hybridized carbons (Fsp3) is 0.562. The van der Waals surface area contributed by atoms with Crippen molar-refractivity contribution >= 4 is 5.97 Å². The van der Waals surface area contributed by atoms with E-state index < -0.39 is 11.6 Å². The van der Waals surface area contributed by atoms with Crippen molar-refractivity contribution in [3.8, 4) is 0 Å². The minimum absolute atomic E-state index is 0.238. The number of rotatable bonds is 5. The van der Waals surface area contributed by atoms with Crippen molar-refractivity contribution in [3.05, 3.63) is 35.1 Å². The summed E-state index contributed by atoms with van der Waals surface area (Å²) < 4.78 is 18.0. The molecule has 1 aliphatic rings. The fourth-order valence-corrected chi connectivity index (χ4v) is 3.04. The van der Waals surface area contributed by atoms with Crippen LogP contribution < -0.4 is 5.32 Å². The molecule has 1 aromatic carbocycles. The Morgan fingerprint density at radius 3 is 2.71 bits per heavy atom. The molecular formula is C16H22FNO3. The van der Waals surface area contributed by atoms with Gasteiger partial charge in [-0.3, -0.25) is 10.1 Å². The first-order chi connectivity index (χ1) is 9.98. The van der Waals surface area contributed by atoms with Gasteiger partial charge >= 0.3 is 5.97 Å². The van der Waals surface area contributed by atoms with Crippen molar-refractivity contribution in [2.75, 3.05) is 13.7 Å². The fourth-order valence-electron chi connectivity index (χ4n) is 3.04. The highest BCUT2D eigenvalue weighted by molar-refractivity contribution is 5.81. The van der Waals surface area contributed by atoms with Crippen molar-refractivity contribution in [2.45, 2.75) is 44.2 Å². The molecule has 0 radical (unpaired) electrons. The molecule has 5 heteroatoms. The molecule has 21 heavy (non-hydrogen) atoms. The van der Waals surface area contributed by atoms with E-state index in [1.807, 2.05) is 0 Å². The molecule has 1 unspecified atom stereocenters. The SMILES string of the molecule is COC(=O)C1(NCC(O)c2ccc(F)cc2C)CCCC1. The van der Waals surface area contributed by atoms with Gasteiger partial charge in [-0.1, -0.05) is 18.9 Å². The summed E-state index contributed by atoms with van der Waals surface area (Å²) in [7, 11) is 1.38. The van der Waals surface area contributed by atoms with E-state index in [-0.39, 0.29) is 18.3 Å². The third-order valence-corrected chi connectivity index (χ3v) is 4.26. The Hall–Kier alpha value is -1.46. The van der Waals surface area contributed by atoms with Gasteiger partial charge in [0.1, 0.15) is 11.4 Å². The largest absolute Gasteiger partial charge is 0.468 e. The van der Waals surface area contributed by atoms with Crippen LogP contribution in [0.1, 0.15) is 42.9 Å². The molecule has 2 N–H and O–H groups in total. The Kier molecular flexibility index (Phi) is 4.96. The molecule has 0 aromatic heterocycles. The second kappa shape index (κ2) is 6.54. The first-order valence-corrected chi connectivity index (χ1v) is 7.26. The lowest BCUT2D eigenvalue weighted by molar-refractivity contribution is -0.148. The van der Waals surface area contributed by atoms with Crippen LogP contribution in [0.25, 0.3) is 0 Å². The van der Waals surface area contributed by atoms with Crippen LogP contribution in [0.15, 0.2) is 18.2 Å². The van der Waals surface area contributed by atoms with Gasteiger partial charge in [-0.25, -0.2) is 4.39 Å². The molecule has 0 spiro atoms. The molecule has 116 valence electrons. The number of β-amino-alcohol motifs (C(OH)–C–C–N with tert-alkyl or cyclic N) is 1. The maximum Gasteiger partial charge on any atom is 0.326 e. The summed E-state index contributed by atoms with van der Waals surface area (Å²) in [6.07, 6.45) is 2.58. The number of hydrogen-bond donors (Lipinski definition) is 2. The summed E-state index contributed by atoms with van der Waals surface area (Å²) in [4.78, 5) is 12.0. The zero-order valence-corrected chi connectivity index (χ0v) is 12.5. The highest BCUT2D eigenvalue weighted by Gasteiger charge is 2.42. The number of carbonyl (C=O) groups excluding carboxylic acids is 1. The van der Waals surface area contributed by atoms with Crippen LogP contribution in [0.2, 0.25) is 0 Å². The van der Waals surface area contributed by atoms with Gasteiger partial charge in [0.15, 0.2) is 0 Å². The molecule has 0 saturated heterocycles. The second-order valence-electron chi connectivity index (χ2n) is 5.68. The maximum atomic E-state index is 13.1. The molecule has 1 aromatic rings. The Bertz CT molecular complexity index is 512. The van der Waals surface area contributed by atoms with Crippen molar-refractivity contribution in [3.63, 3.8) is 0 Å². The Morgan fingerprint density at radius 1 is 1.48 bits per heavy atom. The van der Waals surface area contributed by atoms with Crippen LogP contribution in [0.5, 0.6) is 0 Å². The minimum atomic E-state index is -0.785. The monoisotopic (exact) mass is 295 g/mol. The second-order valence-corrected chi connectivity index (χ2v) is 5.68. The molecule has 1 fully saturated rings. The van der Waals surface area contributed by atoms with E-state index >= 15 is 0 Å². The number of aliphatic hydroxyl groups is 1. The third kappa shape index (κ3) is 3.41. The van der Waals surface area contributed by atoms with E-state index in [1.165, 1.54) is 19.2 Å². The van der Waals surface area contributed by atoms with Gasteiger partial charge in [-0.15, -0.1) is 0 Å². The number of carbonyl (C=O) groups is 1. The molecule has 2 rings (SSSR count). The van der Waals surface area contributed by atoms with E-state index in [9.17, 15) is 14.3 Å². The predicted octanol–water partition coefficient (Wildman–Crippen LogP) is 2.24. The van der Waals surface area contributed by atoms with E-state index in [2.05, 4.69) is 5.32 Å². The summed E-state index contributed by atoms with van der Waals surface area (Å²) in [5, 5.41) is 13.5. The van der Waals surface area contributed by atoms with Gasteiger partial charge in [0, 0.05) is 6.54 Å². The number of ether oxygens (including phenoxy) is 1. The Balaban J connectivity index is 2.05. The average molecular weight is 295 g/mol. The number of aliphatic hydroxyl groups excluding tert-OH is 1. The molecule has 0 heterocycles. The molecule has 1 saturated carbocycles. The Morgan fingerprint density at radius 2 is 2.14 bits per heavy atom. The van der Waals surface area contributed by atoms with Crippen LogP contribution >= 0.6 is 0 Å². The highest BCUT2D eigenvalue weighted by Crippen LogP contribution is 2.31. The molecule has 4 nitrogen and oxygen atoms in total. The zero-order chi connectivity index (χ0) is 15.5. The van der Waals surface area contributed by atoms with Crippen LogP contribution in [0, 0.1) is 12.7 Å². The average Bonchev–Trinajstić information content (AvgIpc) is 2.94. The summed E-state index contributed by atoms with van der Waals surface area (Å²) in [6, 6.07) is 4.30. The smallest absolute Gasteiger partial charge is 0.326 e.